The zero-order valence-electron chi connectivity index (χ0n) is 4.83. The van der Waals surface area contributed by atoms with Crippen molar-refractivity contribution in [2.24, 2.45) is 0 Å². The summed E-state index contributed by atoms with van der Waals surface area (Å²) in [5, 5.41) is -0.557. The Hall–Kier alpha value is 0.540. The monoisotopic (exact) mass is 187 g/mol. The van der Waals surface area contributed by atoms with E-state index in [1.165, 1.54) is 6.29 Å². The van der Waals surface area contributed by atoms with Gasteiger partial charge in [0, 0.05) is 0 Å². The van der Waals surface area contributed by atoms with Gasteiger partial charge in [-0.3, -0.25) is 4.79 Å². The Kier molecular flexibility index (Phi) is 3.86. The van der Waals surface area contributed by atoms with Gasteiger partial charge < -0.3 is 0 Å². The molecule has 0 bridgehead atoms. The van der Waals surface area contributed by atoms with Crippen LogP contribution < -0.4 is 0 Å². The van der Waals surface area contributed by atoms with Crippen LogP contribution in [-0.4, -0.2) is 16.0 Å². The predicted octanol–water partition coefficient (Wildman–Crippen LogP) is 2.29. The Bertz CT molecular complexity index is 102. The van der Waals surface area contributed by atoms with Crippen LogP contribution in [0.2, 0.25) is 0 Å². The Morgan fingerprint density at radius 3 is 2.22 bits per heavy atom. The Labute approximate surface area is 69.3 Å². The predicted molar refractivity (Wildman–Crippen MR) is 40.1 cm³/mol. The molecule has 0 spiro atoms. The molecule has 9 heavy (non-hydrogen) atoms. The van der Waals surface area contributed by atoms with Gasteiger partial charge in [0.25, 0.3) is 0 Å². The first-order chi connectivity index (χ1) is 4.04. The zero-order valence-corrected chi connectivity index (χ0v) is 7.09. The highest BCUT2D eigenvalue weighted by atomic mass is 35.5. The van der Waals surface area contributed by atoms with E-state index in [4.69, 9.17) is 34.8 Å². The van der Waals surface area contributed by atoms with Crippen molar-refractivity contribution in [2.75, 3.05) is 0 Å². The van der Waals surface area contributed by atoms with Crippen LogP contribution in [0.4, 0.5) is 0 Å². The highest BCUT2D eigenvalue weighted by Crippen LogP contribution is 2.28. The summed E-state index contributed by atoms with van der Waals surface area (Å²) in [6.07, 6.45) is 1.99. The molecule has 1 nitrogen and oxygen atoms in total. The van der Waals surface area contributed by atoms with Gasteiger partial charge >= 0.3 is 0 Å². The van der Waals surface area contributed by atoms with Crippen molar-refractivity contribution in [1.82, 2.24) is 0 Å². The molecule has 1 atom stereocenters. The summed E-state index contributed by atoms with van der Waals surface area (Å²) in [5.41, 5.74) is 0. The van der Waals surface area contributed by atoms with E-state index in [-0.39, 0.29) is 0 Å². The molecule has 0 aliphatic rings. The maximum absolute atomic E-state index is 9.95. The Balaban J connectivity index is 3.95. The van der Waals surface area contributed by atoms with E-state index >= 15 is 0 Å². The van der Waals surface area contributed by atoms with E-state index in [1.807, 2.05) is 0 Å². The van der Waals surface area contributed by atoms with Crippen LogP contribution in [0.25, 0.3) is 0 Å². The van der Waals surface area contributed by atoms with Gasteiger partial charge in [0.2, 0.25) is 6.29 Å². The average Bonchev–Trinajstić information content (AvgIpc) is 1.86. The fourth-order valence-corrected chi connectivity index (χ4v) is 0.673. The van der Waals surface area contributed by atoms with Gasteiger partial charge in [0.1, 0.15) is 0 Å². The summed E-state index contributed by atoms with van der Waals surface area (Å²) >= 11 is 16.3. The van der Waals surface area contributed by atoms with Crippen molar-refractivity contribution in [3.05, 3.63) is 0 Å². The second-order valence-electron chi connectivity index (χ2n) is 1.60. The summed E-state index contributed by atoms with van der Waals surface area (Å²) in [7, 11) is 0. The third kappa shape index (κ3) is 2.74. The molecule has 0 aromatic carbocycles. The first-order valence-corrected chi connectivity index (χ1v) is 3.65. The van der Waals surface area contributed by atoms with Gasteiger partial charge in [-0.25, -0.2) is 0 Å². The number of rotatable bonds is 3. The first kappa shape index (κ1) is 9.54. The molecule has 0 saturated heterocycles. The van der Waals surface area contributed by atoms with Crippen molar-refractivity contribution in [3.63, 3.8) is 0 Å². The topological polar surface area (TPSA) is 17.1 Å². The number of halogens is 3. The average molecular weight is 188 g/mol. The summed E-state index contributed by atoms with van der Waals surface area (Å²) in [4.78, 5) is 9.95. The largest absolute Gasteiger partial charge is 0.287 e. The van der Waals surface area contributed by atoms with Crippen molar-refractivity contribution in [3.8, 4) is 0 Å². The van der Waals surface area contributed by atoms with Crippen molar-refractivity contribution in [1.29, 1.82) is 0 Å². The maximum atomic E-state index is 9.95. The third-order valence-electron chi connectivity index (χ3n) is 0.888. The molecule has 0 fully saturated rings. The minimum atomic E-state index is -1.55. The SMILES string of the molecule is CCC(Cl)C(Cl)(Cl)[C]=O. The lowest BCUT2D eigenvalue weighted by Gasteiger charge is -2.14. The van der Waals surface area contributed by atoms with Gasteiger partial charge in [-0.15, -0.1) is 11.6 Å². The third-order valence-corrected chi connectivity index (χ3v) is 2.43. The molecule has 0 aliphatic heterocycles. The Morgan fingerprint density at radius 2 is 2.11 bits per heavy atom. The molecule has 0 rings (SSSR count). The molecule has 0 aliphatic carbocycles. The minimum absolute atomic E-state index is 0.545. The molecule has 4 heteroatoms. The summed E-state index contributed by atoms with van der Waals surface area (Å²) in [5.74, 6) is 0. The maximum Gasteiger partial charge on any atom is 0.239 e. The molecule has 1 unspecified atom stereocenters. The first-order valence-electron chi connectivity index (χ1n) is 2.45. The summed E-state index contributed by atoms with van der Waals surface area (Å²) in [6, 6.07) is 0. The molecule has 53 valence electrons. The van der Waals surface area contributed by atoms with Crippen LogP contribution in [-0.2, 0) is 4.79 Å². The number of hydrogen-bond donors (Lipinski definition) is 0. The molecule has 0 N–H and O–H groups in total. The molecular weight excluding hydrogens is 182 g/mol. The zero-order chi connectivity index (χ0) is 7.49. The normalized spacial score (nSPS) is 15.1. The molecule has 0 heterocycles. The molecule has 0 aromatic heterocycles. The number of carbonyl (C=O) groups excluding carboxylic acids is 1. The van der Waals surface area contributed by atoms with E-state index in [1.54, 1.807) is 6.92 Å². The van der Waals surface area contributed by atoms with E-state index in [0.717, 1.165) is 0 Å². The van der Waals surface area contributed by atoms with Gasteiger partial charge in [-0.2, -0.15) is 0 Å². The summed E-state index contributed by atoms with van der Waals surface area (Å²) in [6.45, 7) is 1.79. The minimum Gasteiger partial charge on any atom is -0.287 e. The molecular formula is C5H6Cl3O. The fraction of sp³-hybridized carbons (Fsp3) is 0.800. The van der Waals surface area contributed by atoms with Gasteiger partial charge in [0.05, 0.1) is 5.38 Å². The van der Waals surface area contributed by atoms with Crippen molar-refractivity contribution < 1.29 is 4.79 Å². The van der Waals surface area contributed by atoms with Crippen LogP contribution in [0.1, 0.15) is 13.3 Å². The van der Waals surface area contributed by atoms with Crippen LogP contribution in [0, 0.1) is 0 Å². The standard InChI is InChI=1S/C5H6Cl3O/c1-2-4(6)5(7,8)3-9/h4H,2H2,1H3. The van der Waals surface area contributed by atoms with Crippen LogP contribution in [0.3, 0.4) is 0 Å². The smallest absolute Gasteiger partial charge is 0.239 e. The molecule has 0 aromatic rings. The second-order valence-corrected chi connectivity index (χ2v) is 3.51. The molecule has 1 radical (unpaired) electrons. The van der Waals surface area contributed by atoms with Gasteiger partial charge in [-0.1, -0.05) is 30.1 Å². The van der Waals surface area contributed by atoms with Crippen molar-refractivity contribution in [2.45, 2.75) is 23.1 Å². The van der Waals surface area contributed by atoms with E-state index in [2.05, 4.69) is 0 Å². The second kappa shape index (κ2) is 3.65. The lowest BCUT2D eigenvalue weighted by molar-refractivity contribution is 0.544. The lowest BCUT2D eigenvalue weighted by atomic mass is 10.2. The fourth-order valence-electron chi connectivity index (χ4n) is 0.320. The Morgan fingerprint density at radius 1 is 1.67 bits per heavy atom. The molecule has 0 saturated carbocycles. The van der Waals surface area contributed by atoms with E-state index in [0.29, 0.717) is 6.42 Å². The number of hydrogen-bond acceptors (Lipinski definition) is 1. The number of alkyl halides is 3. The lowest BCUT2D eigenvalue weighted by Crippen LogP contribution is -2.27. The highest BCUT2D eigenvalue weighted by molar-refractivity contribution is 6.59. The quantitative estimate of drug-likeness (QED) is 0.621. The molecule has 0 amide bonds. The van der Waals surface area contributed by atoms with Gasteiger partial charge in [-0.05, 0) is 6.42 Å². The highest BCUT2D eigenvalue weighted by Gasteiger charge is 2.32. The van der Waals surface area contributed by atoms with Crippen LogP contribution in [0.5, 0.6) is 0 Å². The van der Waals surface area contributed by atoms with Gasteiger partial charge in [0.15, 0.2) is 4.33 Å². The van der Waals surface area contributed by atoms with E-state index in [9.17, 15) is 4.79 Å². The van der Waals surface area contributed by atoms with Crippen LogP contribution >= 0.6 is 34.8 Å². The summed E-state index contributed by atoms with van der Waals surface area (Å²) < 4.78 is -1.55. The van der Waals surface area contributed by atoms with E-state index < -0.39 is 9.71 Å². The van der Waals surface area contributed by atoms with Crippen molar-refractivity contribution >= 4 is 41.1 Å². The van der Waals surface area contributed by atoms with Crippen LogP contribution in [0.15, 0.2) is 0 Å².